The largest absolute Gasteiger partial charge is 0.491 e. The summed E-state index contributed by atoms with van der Waals surface area (Å²) in [6, 6.07) is 5.70. The Morgan fingerprint density at radius 1 is 1.31 bits per heavy atom. The maximum Gasteiger partial charge on any atom is 0.253 e. The second kappa shape index (κ2) is 13.9. The van der Waals surface area contributed by atoms with Gasteiger partial charge in [-0.3, -0.25) is 9.57 Å². The van der Waals surface area contributed by atoms with Crippen LogP contribution in [0.15, 0.2) is 41.6 Å². The van der Waals surface area contributed by atoms with Gasteiger partial charge in [0.15, 0.2) is 24.0 Å². The van der Waals surface area contributed by atoms with Gasteiger partial charge in [0.1, 0.15) is 18.8 Å². The Bertz CT molecular complexity index is 912. The molecule has 178 valence electrons. The fraction of sp³-hybridized carbons (Fsp3) is 0.478. The van der Waals surface area contributed by atoms with Gasteiger partial charge >= 0.3 is 0 Å². The Kier molecular flexibility index (Phi) is 12.0. The zero-order valence-corrected chi connectivity index (χ0v) is 20.4. The summed E-state index contributed by atoms with van der Waals surface area (Å²) in [5.41, 5.74) is 0.722. The summed E-state index contributed by atoms with van der Waals surface area (Å²) in [7, 11) is 1.31. The van der Waals surface area contributed by atoms with Gasteiger partial charge in [-0.05, 0) is 51.1 Å². The van der Waals surface area contributed by atoms with Gasteiger partial charge < -0.3 is 14.8 Å². The van der Waals surface area contributed by atoms with E-state index in [0.717, 1.165) is 29.5 Å². The number of carbonyl (C=O) groups excluding carboxylic acids is 1. The molecule has 0 bridgehead atoms. The predicted molar refractivity (Wildman–Crippen MR) is 123 cm³/mol. The van der Waals surface area contributed by atoms with E-state index in [9.17, 15) is 13.6 Å². The van der Waals surface area contributed by atoms with E-state index in [4.69, 9.17) is 14.3 Å². The number of aryl methyl sites for hydroxylation is 1. The van der Waals surface area contributed by atoms with Crippen LogP contribution in [0.25, 0.3) is 0 Å². The highest BCUT2D eigenvalue weighted by atomic mass is 32.2. The van der Waals surface area contributed by atoms with Crippen LogP contribution in [0.3, 0.4) is 0 Å². The Morgan fingerprint density at radius 3 is 2.56 bits per heavy atom. The van der Waals surface area contributed by atoms with Crippen molar-refractivity contribution >= 4 is 22.3 Å². The van der Waals surface area contributed by atoms with Crippen LogP contribution in [0.5, 0.6) is 5.75 Å². The Morgan fingerprint density at radius 2 is 2.00 bits per heavy atom. The molecular weight excluding hydrogens is 436 g/mol. The van der Waals surface area contributed by atoms with Crippen molar-refractivity contribution < 1.29 is 27.6 Å². The highest BCUT2D eigenvalue weighted by molar-refractivity contribution is 7.85. The van der Waals surface area contributed by atoms with E-state index in [1.165, 1.54) is 12.1 Å². The number of ether oxygens (including phenoxy) is 2. The van der Waals surface area contributed by atoms with Crippen molar-refractivity contribution in [1.29, 1.82) is 4.78 Å². The van der Waals surface area contributed by atoms with E-state index in [2.05, 4.69) is 5.32 Å². The minimum absolute atomic E-state index is 0.0347. The van der Waals surface area contributed by atoms with Crippen molar-refractivity contribution in [2.75, 3.05) is 18.2 Å². The van der Waals surface area contributed by atoms with Crippen molar-refractivity contribution in [3.05, 3.63) is 48.3 Å². The third kappa shape index (κ3) is 8.63. The van der Waals surface area contributed by atoms with E-state index < -0.39 is 22.3 Å². The van der Waals surface area contributed by atoms with Crippen molar-refractivity contribution in [3.63, 3.8) is 0 Å². The molecule has 1 aromatic carbocycles. The number of benzene rings is 1. The maximum atomic E-state index is 12.7. The molecule has 0 saturated carbocycles. The third-order valence-electron chi connectivity index (χ3n) is 4.33. The van der Waals surface area contributed by atoms with Gasteiger partial charge in [0.2, 0.25) is 5.82 Å². The number of carbonyl (C=O) groups is 1. The minimum Gasteiger partial charge on any atom is -0.491 e. The molecule has 32 heavy (non-hydrogen) atoms. The number of hydrogen-bond acceptors (Lipinski definition) is 4. The number of anilines is 1. The quantitative estimate of drug-likeness (QED) is 0.618. The molecule has 9 heteroatoms. The van der Waals surface area contributed by atoms with E-state index in [1.54, 1.807) is 6.92 Å². The number of hydrogen-bond donors (Lipinski definition) is 2. The second-order valence-electron chi connectivity index (χ2n) is 6.92. The molecule has 3 unspecified atom stereocenters. The number of aromatic nitrogens is 1. The summed E-state index contributed by atoms with van der Waals surface area (Å²) in [5.74, 6) is -1.93. The SMILES string of the molecule is CC.CC1CCC(C(=O)Nc2cc(S(C)=N)c[n+](C)c2)O1.CCOc1cccc(F)c1F. The Labute approximate surface area is 191 Å². The van der Waals surface area contributed by atoms with E-state index >= 15 is 0 Å². The fourth-order valence-corrected chi connectivity index (χ4v) is 3.52. The summed E-state index contributed by atoms with van der Waals surface area (Å²) in [6.07, 6.45) is 7.09. The second-order valence-corrected chi connectivity index (χ2v) is 8.41. The summed E-state index contributed by atoms with van der Waals surface area (Å²) in [4.78, 5) is 13.0. The van der Waals surface area contributed by atoms with Gasteiger partial charge in [0.25, 0.3) is 5.91 Å². The predicted octanol–water partition coefficient (Wildman–Crippen LogP) is 4.78. The summed E-state index contributed by atoms with van der Waals surface area (Å²) in [5, 5.41) is 2.88. The lowest BCUT2D eigenvalue weighted by Gasteiger charge is -2.11. The van der Waals surface area contributed by atoms with Crippen molar-refractivity contribution in [3.8, 4) is 5.75 Å². The molecule has 1 aromatic heterocycles. The molecular formula is C23H34F2N3O3S+. The first-order valence-electron chi connectivity index (χ1n) is 10.6. The molecule has 2 heterocycles. The Hall–Kier alpha value is -2.39. The lowest BCUT2D eigenvalue weighted by atomic mass is 10.2. The molecule has 1 aliphatic heterocycles. The van der Waals surface area contributed by atoms with Crippen molar-refractivity contribution in [2.45, 2.75) is 57.6 Å². The molecule has 6 nitrogen and oxygen atoms in total. The monoisotopic (exact) mass is 470 g/mol. The van der Waals surface area contributed by atoms with Crippen LogP contribution in [-0.2, 0) is 27.3 Å². The van der Waals surface area contributed by atoms with Crippen LogP contribution < -0.4 is 14.6 Å². The zero-order valence-electron chi connectivity index (χ0n) is 19.6. The van der Waals surface area contributed by atoms with Gasteiger partial charge in [0.05, 0.1) is 17.6 Å². The van der Waals surface area contributed by atoms with Gasteiger partial charge in [-0.2, -0.15) is 4.39 Å². The molecule has 2 N–H and O–H groups in total. The van der Waals surface area contributed by atoms with Gasteiger partial charge in [-0.25, -0.2) is 8.96 Å². The van der Waals surface area contributed by atoms with Gasteiger partial charge in [0, 0.05) is 0 Å². The standard InChI is InChI=1S/C13H19N3O2S.C8H8F2O.C2H6/c1-9-4-5-12(18-9)13(17)15-10-6-11(19(3)14)8-16(2)7-10;1-2-11-7-5-3-4-6(9)8(7)10;1-2/h6-9,12,14H,4-5H2,1-3H3;3-5H,2H2,1H3;1-2H3/p+1. The normalized spacial score (nSPS) is 17.9. The molecule has 3 rings (SSSR count). The highest BCUT2D eigenvalue weighted by Crippen LogP contribution is 2.21. The molecule has 0 radical (unpaired) electrons. The van der Waals surface area contributed by atoms with Gasteiger partial charge in [-0.1, -0.05) is 30.6 Å². The number of pyridine rings is 1. The van der Waals surface area contributed by atoms with E-state index in [1.807, 2.05) is 57.1 Å². The molecule has 1 fully saturated rings. The lowest BCUT2D eigenvalue weighted by molar-refractivity contribution is -0.672. The van der Waals surface area contributed by atoms with Gasteiger partial charge in [-0.15, -0.1) is 0 Å². The number of rotatable bonds is 5. The third-order valence-corrected chi connectivity index (χ3v) is 5.26. The average molecular weight is 471 g/mol. The van der Waals surface area contributed by atoms with Crippen molar-refractivity contribution in [1.82, 2.24) is 0 Å². The maximum absolute atomic E-state index is 12.7. The number of amides is 1. The number of nitrogens with one attached hydrogen (secondary N) is 2. The van der Waals surface area contributed by atoms with E-state index in [0.29, 0.717) is 6.61 Å². The molecule has 3 atom stereocenters. The van der Waals surface area contributed by atoms with Crippen LogP contribution >= 0.6 is 0 Å². The molecule has 0 spiro atoms. The van der Waals surface area contributed by atoms with Crippen molar-refractivity contribution in [2.24, 2.45) is 7.05 Å². The van der Waals surface area contributed by atoms with Crippen LogP contribution in [0.2, 0.25) is 0 Å². The van der Waals surface area contributed by atoms with Crippen LogP contribution in [-0.4, -0.2) is 31.0 Å². The zero-order chi connectivity index (χ0) is 24.3. The average Bonchev–Trinajstić information content (AvgIpc) is 3.19. The lowest BCUT2D eigenvalue weighted by Crippen LogP contribution is -2.32. The first-order chi connectivity index (χ1) is 15.2. The van der Waals surface area contributed by atoms with Crippen LogP contribution in [0, 0.1) is 16.4 Å². The summed E-state index contributed by atoms with van der Waals surface area (Å²) in [6.45, 7) is 8.03. The first-order valence-corrected chi connectivity index (χ1v) is 12.2. The number of nitrogens with zero attached hydrogens (tertiary/aromatic N) is 1. The summed E-state index contributed by atoms with van der Waals surface area (Å²) < 4.78 is 45.1. The minimum atomic E-state index is -0.922. The van der Waals surface area contributed by atoms with Crippen LogP contribution in [0.1, 0.15) is 40.5 Å². The topological polar surface area (TPSA) is 75.3 Å². The molecule has 2 aromatic rings. The molecule has 1 saturated heterocycles. The number of halogens is 2. The molecule has 1 amide bonds. The first kappa shape index (κ1) is 27.6. The molecule has 1 aliphatic rings. The summed E-state index contributed by atoms with van der Waals surface area (Å²) >= 11 is 0. The van der Waals surface area contributed by atoms with Crippen LogP contribution in [0.4, 0.5) is 14.5 Å². The Balaban J connectivity index is 0.000000335. The molecule has 0 aliphatic carbocycles. The fourth-order valence-electron chi connectivity index (χ4n) is 2.89. The van der Waals surface area contributed by atoms with E-state index in [-0.39, 0.29) is 23.9 Å². The smallest absolute Gasteiger partial charge is 0.253 e. The highest BCUT2D eigenvalue weighted by Gasteiger charge is 2.28.